The Hall–Kier alpha value is -3.01. The van der Waals surface area contributed by atoms with Crippen LogP contribution in [0.1, 0.15) is 16.7 Å². The summed E-state index contributed by atoms with van der Waals surface area (Å²) in [5, 5.41) is 0.0479. The number of nitrogens with zero attached hydrogens (tertiary/aromatic N) is 1. The summed E-state index contributed by atoms with van der Waals surface area (Å²) in [6.07, 6.45) is 1.68. The van der Waals surface area contributed by atoms with Crippen molar-refractivity contribution in [3.63, 3.8) is 0 Å². The summed E-state index contributed by atoms with van der Waals surface area (Å²) in [6, 6.07) is 23.9. The Labute approximate surface area is 181 Å². The highest BCUT2D eigenvalue weighted by atomic mass is 35.5. The second-order valence-corrected chi connectivity index (χ2v) is 7.60. The van der Waals surface area contributed by atoms with Gasteiger partial charge in [-0.15, -0.1) is 0 Å². The van der Waals surface area contributed by atoms with Crippen molar-refractivity contribution >= 4 is 29.0 Å². The van der Waals surface area contributed by atoms with Crippen molar-refractivity contribution in [1.29, 1.82) is 0 Å². The molecule has 2 nitrogen and oxygen atoms in total. The molecular weight excluding hydrogens is 397 g/mol. The molecule has 3 aromatic carbocycles. The van der Waals surface area contributed by atoms with Gasteiger partial charge >= 0.3 is 0 Å². The number of ketones is 1. The molecule has 4 heteroatoms. The maximum atomic E-state index is 13.9. The summed E-state index contributed by atoms with van der Waals surface area (Å²) in [7, 11) is 1.95. The molecule has 0 N–H and O–H groups in total. The number of allylic oxidation sites excluding steroid dienone is 1. The third-order valence-corrected chi connectivity index (χ3v) is 4.97. The standard InChI is InChI=1S/C26H23ClFNO/c1-19(17-29(2)18-20-9-5-3-6-10-20)26(30)23(22-11-7-4-8-12-22)15-21-13-14-24(27)25(28)16-21/h3-16H,1,17-18H2,2H3/b23-15+. The van der Waals surface area contributed by atoms with Gasteiger partial charge in [-0.3, -0.25) is 9.69 Å². The number of halogens is 2. The van der Waals surface area contributed by atoms with Crippen LogP contribution in [0.15, 0.2) is 91.0 Å². The van der Waals surface area contributed by atoms with Crippen molar-refractivity contribution in [2.75, 3.05) is 13.6 Å². The van der Waals surface area contributed by atoms with Gasteiger partial charge in [-0.1, -0.05) is 84.9 Å². The number of carbonyl (C=O) groups excluding carboxylic acids is 1. The molecule has 0 aromatic heterocycles. The fraction of sp³-hybridized carbons (Fsp3) is 0.115. The minimum atomic E-state index is -0.522. The number of hydrogen-bond donors (Lipinski definition) is 0. The predicted molar refractivity (Wildman–Crippen MR) is 123 cm³/mol. The minimum Gasteiger partial charge on any atom is -0.298 e. The fourth-order valence-electron chi connectivity index (χ4n) is 3.21. The molecule has 0 atom stereocenters. The van der Waals surface area contributed by atoms with Crippen LogP contribution in [-0.2, 0) is 11.3 Å². The number of carbonyl (C=O) groups is 1. The Balaban J connectivity index is 1.83. The first kappa shape index (κ1) is 21.7. The smallest absolute Gasteiger partial charge is 0.190 e. The third-order valence-electron chi connectivity index (χ3n) is 4.66. The summed E-state index contributed by atoms with van der Waals surface area (Å²) < 4.78 is 13.9. The molecule has 0 heterocycles. The van der Waals surface area contributed by atoms with Crippen LogP contribution < -0.4 is 0 Å². The van der Waals surface area contributed by atoms with Crippen molar-refractivity contribution in [2.24, 2.45) is 0 Å². The van der Waals surface area contributed by atoms with Crippen molar-refractivity contribution in [2.45, 2.75) is 6.54 Å². The average molecular weight is 420 g/mol. The van der Waals surface area contributed by atoms with Gasteiger partial charge in [0.2, 0.25) is 0 Å². The van der Waals surface area contributed by atoms with E-state index in [-0.39, 0.29) is 10.8 Å². The molecule has 0 aliphatic carbocycles. The molecular formula is C26H23ClFNO. The normalized spacial score (nSPS) is 11.5. The molecule has 30 heavy (non-hydrogen) atoms. The monoisotopic (exact) mass is 419 g/mol. The van der Waals surface area contributed by atoms with Gasteiger partial charge in [-0.25, -0.2) is 4.39 Å². The van der Waals surface area contributed by atoms with Gasteiger partial charge in [0.05, 0.1) is 5.02 Å². The van der Waals surface area contributed by atoms with Crippen LogP contribution >= 0.6 is 11.6 Å². The van der Waals surface area contributed by atoms with Crippen LogP contribution in [0.5, 0.6) is 0 Å². The van der Waals surface area contributed by atoms with Gasteiger partial charge in [0.15, 0.2) is 5.78 Å². The van der Waals surface area contributed by atoms with E-state index in [4.69, 9.17) is 11.6 Å². The van der Waals surface area contributed by atoms with E-state index in [9.17, 15) is 9.18 Å². The molecule has 0 unspecified atom stereocenters. The molecule has 0 spiro atoms. The van der Waals surface area contributed by atoms with E-state index >= 15 is 0 Å². The second kappa shape index (κ2) is 10.1. The van der Waals surface area contributed by atoms with Gasteiger partial charge in [-0.05, 0) is 41.9 Å². The summed E-state index contributed by atoms with van der Waals surface area (Å²) in [4.78, 5) is 15.3. The molecule has 152 valence electrons. The number of hydrogen-bond acceptors (Lipinski definition) is 2. The van der Waals surface area contributed by atoms with Crippen LogP contribution in [-0.4, -0.2) is 24.3 Å². The van der Waals surface area contributed by atoms with Crippen LogP contribution in [0.4, 0.5) is 4.39 Å². The largest absolute Gasteiger partial charge is 0.298 e. The minimum absolute atomic E-state index is 0.0479. The summed E-state index contributed by atoms with van der Waals surface area (Å²) in [5.74, 6) is -0.692. The van der Waals surface area contributed by atoms with E-state index in [1.165, 1.54) is 12.1 Å². The Morgan fingerprint density at radius 1 is 1.03 bits per heavy atom. The Morgan fingerprint density at radius 2 is 1.67 bits per heavy atom. The zero-order chi connectivity index (χ0) is 21.5. The van der Waals surface area contributed by atoms with Crippen LogP contribution in [0.25, 0.3) is 11.6 Å². The molecule has 0 saturated heterocycles. The Bertz CT molecular complexity index is 1060. The first-order valence-corrected chi connectivity index (χ1v) is 9.99. The number of benzene rings is 3. The highest BCUT2D eigenvalue weighted by Crippen LogP contribution is 2.24. The van der Waals surface area contributed by atoms with Crippen molar-refractivity contribution in [3.8, 4) is 0 Å². The van der Waals surface area contributed by atoms with Gasteiger partial charge < -0.3 is 0 Å². The van der Waals surface area contributed by atoms with E-state index in [1.807, 2.05) is 72.6 Å². The topological polar surface area (TPSA) is 20.3 Å². The SMILES string of the molecule is C=C(CN(C)Cc1ccccc1)C(=O)/C(=C/c1ccc(Cl)c(F)c1)c1ccccc1. The van der Waals surface area contributed by atoms with E-state index < -0.39 is 5.82 Å². The molecule has 0 aliphatic heterocycles. The molecule has 0 radical (unpaired) electrons. The van der Waals surface area contributed by atoms with E-state index in [0.29, 0.717) is 29.8 Å². The summed E-state index contributed by atoms with van der Waals surface area (Å²) in [5.41, 5.74) is 3.42. The van der Waals surface area contributed by atoms with Gasteiger partial charge in [0, 0.05) is 24.2 Å². The zero-order valence-electron chi connectivity index (χ0n) is 16.8. The van der Waals surface area contributed by atoms with E-state index in [0.717, 1.165) is 11.1 Å². The van der Waals surface area contributed by atoms with Crippen molar-refractivity contribution in [1.82, 2.24) is 4.90 Å². The lowest BCUT2D eigenvalue weighted by atomic mass is 9.95. The maximum Gasteiger partial charge on any atom is 0.190 e. The molecule has 0 amide bonds. The Morgan fingerprint density at radius 3 is 2.30 bits per heavy atom. The molecule has 3 aromatic rings. The van der Waals surface area contributed by atoms with Crippen LogP contribution in [0.2, 0.25) is 5.02 Å². The predicted octanol–water partition coefficient (Wildman–Crippen LogP) is 6.28. The van der Waals surface area contributed by atoms with Crippen LogP contribution in [0, 0.1) is 5.82 Å². The van der Waals surface area contributed by atoms with Gasteiger partial charge in [-0.2, -0.15) is 0 Å². The second-order valence-electron chi connectivity index (χ2n) is 7.19. The summed E-state index contributed by atoms with van der Waals surface area (Å²) >= 11 is 5.79. The molecule has 0 saturated carbocycles. The highest BCUT2D eigenvalue weighted by molar-refractivity contribution is 6.32. The molecule has 0 aliphatic rings. The number of rotatable bonds is 8. The third kappa shape index (κ3) is 5.76. The Kier molecular flexibility index (Phi) is 7.34. The zero-order valence-corrected chi connectivity index (χ0v) is 17.6. The van der Waals surface area contributed by atoms with Crippen molar-refractivity contribution in [3.05, 3.63) is 119 Å². The maximum absolute atomic E-state index is 13.9. The molecule has 3 rings (SSSR count). The number of likely N-dealkylation sites (N-methyl/N-ethyl adjacent to an activating group) is 1. The summed E-state index contributed by atoms with van der Waals surface area (Å²) in [6.45, 7) is 5.16. The average Bonchev–Trinajstić information content (AvgIpc) is 2.75. The molecule has 0 fully saturated rings. The first-order valence-electron chi connectivity index (χ1n) is 9.61. The van der Waals surface area contributed by atoms with Crippen molar-refractivity contribution < 1.29 is 9.18 Å². The lowest BCUT2D eigenvalue weighted by Crippen LogP contribution is -2.23. The molecule has 0 bridgehead atoms. The van der Waals surface area contributed by atoms with E-state index in [1.54, 1.807) is 12.1 Å². The van der Waals surface area contributed by atoms with Gasteiger partial charge in [0.1, 0.15) is 5.82 Å². The number of Topliss-reactive ketones (excluding diaryl/α,β-unsaturated/α-hetero) is 1. The fourth-order valence-corrected chi connectivity index (χ4v) is 3.32. The lowest BCUT2D eigenvalue weighted by Gasteiger charge is -2.18. The highest BCUT2D eigenvalue weighted by Gasteiger charge is 2.17. The van der Waals surface area contributed by atoms with Gasteiger partial charge in [0.25, 0.3) is 0 Å². The quantitative estimate of drug-likeness (QED) is 0.316. The van der Waals surface area contributed by atoms with Crippen LogP contribution in [0.3, 0.4) is 0 Å². The first-order chi connectivity index (χ1) is 14.4. The van der Waals surface area contributed by atoms with E-state index in [2.05, 4.69) is 6.58 Å². The lowest BCUT2D eigenvalue weighted by molar-refractivity contribution is -0.110.